The third-order valence-corrected chi connectivity index (χ3v) is 4.49. The Balaban J connectivity index is 1.98. The van der Waals surface area contributed by atoms with Gasteiger partial charge in [0.05, 0.1) is 5.69 Å². The molecule has 0 radical (unpaired) electrons. The lowest BCUT2D eigenvalue weighted by Crippen LogP contribution is -2.17. The first-order chi connectivity index (χ1) is 9.74. The van der Waals surface area contributed by atoms with Gasteiger partial charge in [-0.3, -0.25) is 4.40 Å². The second-order valence-electron chi connectivity index (χ2n) is 5.70. The van der Waals surface area contributed by atoms with E-state index in [4.69, 9.17) is 10.7 Å². The molecule has 5 heteroatoms. The van der Waals surface area contributed by atoms with Gasteiger partial charge in [-0.15, -0.1) is 0 Å². The number of hydrogen-bond donors (Lipinski definition) is 2. The summed E-state index contributed by atoms with van der Waals surface area (Å²) in [6.45, 7) is 2.41. The molecule has 1 fully saturated rings. The molecule has 0 bridgehead atoms. The third-order valence-electron chi connectivity index (χ3n) is 4.49. The van der Waals surface area contributed by atoms with Crippen LogP contribution in [0.1, 0.15) is 50.0 Å². The van der Waals surface area contributed by atoms with Gasteiger partial charge in [0.25, 0.3) is 0 Å². The zero-order chi connectivity index (χ0) is 14.1. The van der Waals surface area contributed by atoms with Crippen LogP contribution in [0.5, 0.6) is 0 Å². The van der Waals surface area contributed by atoms with Crippen molar-refractivity contribution in [1.29, 1.82) is 0 Å². The summed E-state index contributed by atoms with van der Waals surface area (Å²) in [6.07, 6.45) is 8.92. The maximum atomic E-state index is 9.25. The van der Waals surface area contributed by atoms with E-state index in [2.05, 4.69) is 16.3 Å². The molecule has 0 amide bonds. The number of imidazole rings is 1. The van der Waals surface area contributed by atoms with Gasteiger partial charge in [0.2, 0.25) is 0 Å². The van der Waals surface area contributed by atoms with Gasteiger partial charge in [-0.05, 0) is 38.0 Å². The molecule has 2 aromatic heterocycles. The van der Waals surface area contributed by atoms with Crippen LogP contribution in [-0.2, 0) is 6.42 Å². The molecule has 5 nitrogen and oxygen atoms in total. The topological polar surface area (TPSA) is 76.4 Å². The summed E-state index contributed by atoms with van der Waals surface area (Å²) in [4.78, 5) is 9.01. The van der Waals surface area contributed by atoms with Gasteiger partial charge in [-0.2, -0.15) is 0 Å². The van der Waals surface area contributed by atoms with Crippen molar-refractivity contribution in [2.75, 3.05) is 12.3 Å². The smallest absolute Gasteiger partial charge is 0.149 e. The van der Waals surface area contributed by atoms with Crippen molar-refractivity contribution in [2.45, 2.75) is 44.9 Å². The zero-order valence-corrected chi connectivity index (χ0v) is 11.9. The van der Waals surface area contributed by atoms with E-state index in [9.17, 15) is 5.11 Å². The molecule has 1 saturated carbocycles. The van der Waals surface area contributed by atoms with Crippen molar-refractivity contribution >= 4 is 11.3 Å². The van der Waals surface area contributed by atoms with Crippen molar-refractivity contribution in [3.05, 3.63) is 23.9 Å². The molecule has 1 aliphatic rings. The van der Waals surface area contributed by atoms with Gasteiger partial charge in [0.15, 0.2) is 0 Å². The Morgan fingerprint density at radius 1 is 1.35 bits per heavy atom. The Morgan fingerprint density at radius 2 is 2.10 bits per heavy atom. The van der Waals surface area contributed by atoms with Crippen LogP contribution in [0.2, 0.25) is 0 Å². The number of aliphatic hydroxyl groups excluding tert-OH is 1. The van der Waals surface area contributed by atoms with E-state index >= 15 is 0 Å². The van der Waals surface area contributed by atoms with Crippen LogP contribution in [-0.4, -0.2) is 26.1 Å². The average molecular weight is 274 g/mol. The van der Waals surface area contributed by atoms with E-state index in [0.717, 1.165) is 49.1 Å². The molecule has 3 rings (SSSR count). The molecule has 2 aromatic rings. The second-order valence-corrected chi connectivity index (χ2v) is 5.70. The van der Waals surface area contributed by atoms with Gasteiger partial charge in [0.1, 0.15) is 17.2 Å². The fraction of sp³-hybridized carbons (Fsp3) is 0.600. The first-order valence-corrected chi connectivity index (χ1v) is 7.46. The van der Waals surface area contributed by atoms with Gasteiger partial charge in [0, 0.05) is 24.9 Å². The van der Waals surface area contributed by atoms with Crippen LogP contribution in [0.15, 0.2) is 12.4 Å². The first kappa shape index (κ1) is 13.4. The minimum absolute atomic E-state index is 0.312. The van der Waals surface area contributed by atoms with Gasteiger partial charge >= 0.3 is 0 Å². The zero-order valence-electron chi connectivity index (χ0n) is 11.9. The second kappa shape index (κ2) is 5.40. The molecule has 0 spiro atoms. The molecule has 0 unspecified atom stereocenters. The van der Waals surface area contributed by atoms with E-state index in [-0.39, 0.29) is 0 Å². The quantitative estimate of drug-likeness (QED) is 0.899. The predicted molar refractivity (Wildman–Crippen MR) is 78.6 cm³/mol. The number of aryl methyl sites for hydroxylation is 1. The summed E-state index contributed by atoms with van der Waals surface area (Å²) >= 11 is 0. The molecule has 2 heterocycles. The number of fused-ring (bicyclic) bond motifs is 1. The monoisotopic (exact) mass is 274 g/mol. The average Bonchev–Trinajstić information content (AvgIpc) is 2.87. The highest BCUT2D eigenvalue weighted by Gasteiger charge is 2.26. The molecule has 0 aromatic carbocycles. The van der Waals surface area contributed by atoms with Crippen LogP contribution in [0.4, 0.5) is 5.82 Å². The minimum Gasteiger partial charge on any atom is -0.396 e. The fourth-order valence-electron chi connectivity index (χ4n) is 3.30. The van der Waals surface area contributed by atoms with Crippen molar-refractivity contribution < 1.29 is 5.11 Å². The molecule has 108 valence electrons. The Hall–Kier alpha value is -1.62. The third kappa shape index (κ3) is 2.16. The van der Waals surface area contributed by atoms with Crippen molar-refractivity contribution in [2.24, 2.45) is 5.92 Å². The number of aliphatic hydroxyl groups is 1. The van der Waals surface area contributed by atoms with Crippen molar-refractivity contribution in [3.8, 4) is 0 Å². The summed E-state index contributed by atoms with van der Waals surface area (Å²) in [6, 6.07) is 0. The maximum absolute atomic E-state index is 9.25. The van der Waals surface area contributed by atoms with Gasteiger partial charge in [-0.25, -0.2) is 9.97 Å². The van der Waals surface area contributed by atoms with Gasteiger partial charge in [-0.1, -0.05) is 6.92 Å². The highest BCUT2D eigenvalue weighted by Crippen LogP contribution is 2.36. The normalized spacial score (nSPS) is 23.3. The van der Waals surface area contributed by atoms with Crippen molar-refractivity contribution in [1.82, 2.24) is 14.4 Å². The maximum Gasteiger partial charge on any atom is 0.149 e. The van der Waals surface area contributed by atoms with Crippen LogP contribution in [0.25, 0.3) is 5.52 Å². The Labute approximate surface area is 118 Å². The van der Waals surface area contributed by atoms with E-state index in [1.54, 1.807) is 6.20 Å². The summed E-state index contributed by atoms with van der Waals surface area (Å²) in [7, 11) is 0. The number of hydrogen-bond acceptors (Lipinski definition) is 4. The lowest BCUT2D eigenvalue weighted by molar-refractivity contribution is 0.181. The predicted octanol–water partition coefficient (Wildman–Crippen LogP) is 2.14. The standard InChI is InChI=1S/C15H22N4O/c1-2-12-13-14(16)17-7-8-19(13)15(18-12)11-5-3-10(9-20)4-6-11/h7-8,10-11,20H,2-6,9H2,1H3,(H2,16,17). The lowest BCUT2D eigenvalue weighted by Gasteiger charge is -2.26. The van der Waals surface area contributed by atoms with Crippen LogP contribution < -0.4 is 5.73 Å². The summed E-state index contributed by atoms with van der Waals surface area (Å²) in [5, 5.41) is 9.25. The van der Waals surface area contributed by atoms with Crippen LogP contribution in [0.3, 0.4) is 0 Å². The van der Waals surface area contributed by atoms with Gasteiger partial charge < -0.3 is 10.8 Å². The van der Waals surface area contributed by atoms with Crippen molar-refractivity contribution in [3.63, 3.8) is 0 Å². The van der Waals surface area contributed by atoms with E-state index < -0.39 is 0 Å². The lowest BCUT2D eigenvalue weighted by atomic mass is 9.82. The summed E-state index contributed by atoms with van der Waals surface area (Å²) < 4.78 is 2.12. The van der Waals surface area contributed by atoms with E-state index in [1.165, 1.54) is 0 Å². The first-order valence-electron chi connectivity index (χ1n) is 7.46. The molecular weight excluding hydrogens is 252 g/mol. The SMILES string of the molecule is CCc1nc(C2CCC(CO)CC2)n2ccnc(N)c12. The number of nitrogen functional groups attached to an aromatic ring is 1. The fourth-order valence-corrected chi connectivity index (χ4v) is 3.30. The number of nitrogens with zero attached hydrogens (tertiary/aromatic N) is 3. The van der Waals surface area contributed by atoms with E-state index in [1.807, 2.05) is 6.20 Å². The molecular formula is C15H22N4O. The highest BCUT2D eigenvalue weighted by molar-refractivity contribution is 5.69. The number of aromatic nitrogens is 3. The molecule has 0 aliphatic heterocycles. The van der Waals surface area contributed by atoms with Crippen LogP contribution in [0, 0.1) is 5.92 Å². The number of anilines is 1. The molecule has 0 atom stereocenters. The number of rotatable bonds is 3. The highest BCUT2D eigenvalue weighted by atomic mass is 16.3. The van der Waals surface area contributed by atoms with Crippen LogP contribution >= 0.6 is 0 Å². The molecule has 3 N–H and O–H groups in total. The summed E-state index contributed by atoms with van der Waals surface area (Å²) in [5.41, 5.74) is 8.02. The van der Waals surface area contributed by atoms with E-state index in [0.29, 0.717) is 24.3 Å². The molecule has 1 aliphatic carbocycles. The molecule has 20 heavy (non-hydrogen) atoms. The summed E-state index contributed by atoms with van der Waals surface area (Å²) in [5.74, 6) is 2.61. The molecule has 0 saturated heterocycles. The minimum atomic E-state index is 0.312. The number of nitrogens with two attached hydrogens (primary N) is 1. The largest absolute Gasteiger partial charge is 0.396 e. The Kier molecular flexibility index (Phi) is 3.61. The Bertz CT molecular complexity index is 599. The Morgan fingerprint density at radius 3 is 2.75 bits per heavy atom.